The number of benzene rings is 2. The van der Waals surface area contributed by atoms with Gasteiger partial charge < -0.3 is 5.73 Å². The molecule has 0 amide bonds. The van der Waals surface area contributed by atoms with Gasteiger partial charge in [0.15, 0.2) is 0 Å². The third kappa shape index (κ3) is 3.34. The minimum Gasteiger partial charge on any atom is -0.399 e. The van der Waals surface area contributed by atoms with Crippen molar-refractivity contribution in [3.63, 3.8) is 0 Å². The first-order valence-corrected chi connectivity index (χ1v) is 7.50. The smallest absolute Gasteiger partial charge is 0.241 e. The van der Waals surface area contributed by atoms with Gasteiger partial charge in [-0.2, -0.15) is 0 Å². The zero-order chi connectivity index (χ0) is 14.8. The number of nitrogens with one attached hydrogen (secondary N) is 1. The molecule has 0 heterocycles. The van der Waals surface area contributed by atoms with Gasteiger partial charge in [-0.3, -0.25) is 0 Å². The number of sulfonamides is 1. The van der Waals surface area contributed by atoms with Gasteiger partial charge in [0.1, 0.15) is 5.82 Å². The van der Waals surface area contributed by atoms with Gasteiger partial charge in [-0.05, 0) is 30.7 Å². The molecular formula is C14H15FN2O2S. The fourth-order valence-electron chi connectivity index (χ4n) is 1.85. The summed E-state index contributed by atoms with van der Waals surface area (Å²) in [5.41, 5.74) is 6.35. The van der Waals surface area contributed by atoms with Gasteiger partial charge in [-0.1, -0.05) is 30.3 Å². The van der Waals surface area contributed by atoms with Gasteiger partial charge in [0.05, 0.1) is 4.90 Å². The van der Waals surface area contributed by atoms with Crippen LogP contribution in [0.2, 0.25) is 0 Å². The maximum atomic E-state index is 13.2. The van der Waals surface area contributed by atoms with Crippen LogP contribution < -0.4 is 10.5 Å². The third-order valence-corrected chi connectivity index (χ3v) is 4.36. The molecule has 0 radical (unpaired) electrons. The van der Waals surface area contributed by atoms with E-state index in [-0.39, 0.29) is 10.6 Å². The normalized spacial score (nSPS) is 13.1. The highest BCUT2D eigenvalue weighted by atomic mass is 32.2. The minimum absolute atomic E-state index is 0.0674. The molecule has 0 spiro atoms. The zero-order valence-electron chi connectivity index (χ0n) is 10.9. The predicted octanol–water partition coefficient (Wildman–Crippen LogP) is 2.45. The number of rotatable bonds is 4. The van der Waals surface area contributed by atoms with Gasteiger partial charge in [0.25, 0.3) is 0 Å². The molecule has 2 rings (SSSR count). The van der Waals surface area contributed by atoms with Crippen molar-refractivity contribution in [2.45, 2.75) is 17.9 Å². The fourth-order valence-corrected chi connectivity index (χ4v) is 3.15. The molecule has 20 heavy (non-hydrogen) atoms. The lowest BCUT2D eigenvalue weighted by atomic mass is 10.1. The topological polar surface area (TPSA) is 72.2 Å². The summed E-state index contributed by atoms with van der Waals surface area (Å²) < 4.78 is 40.1. The van der Waals surface area contributed by atoms with Gasteiger partial charge in [0.2, 0.25) is 10.0 Å². The van der Waals surface area contributed by atoms with Crippen LogP contribution in [0, 0.1) is 5.82 Å². The van der Waals surface area contributed by atoms with E-state index in [1.54, 1.807) is 6.92 Å². The fraction of sp³-hybridized carbons (Fsp3) is 0.143. The number of hydrogen-bond acceptors (Lipinski definition) is 3. The Labute approximate surface area is 117 Å². The summed E-state index contributed by atoms with van der Waals surface area (Å²) in [6.45, 7) is 1.72. The number of hydrogen-bond donors (Lipinski definition) is 2. The van der Waals surface area contributed by atoms with Crippen LogP contribution in [0.25, 0.3) is 0 Å². The Kier molecular flexibility index (Phi) is 4.06. The van der Waals surface area contributed by atoms with E-state index in [2.05, 4.69) is 4.72 Å². The predicted molar refractivity (Wildman–Crippen MR) is 76.0 cm³/mol. The van der Waals surface area contributed by atoms with Crippen molar-refractivity contribution in [2.24, 2.45) is 0 Å². The van der Waals surface area contributed by atoms with E-state index in [4.69, 9.17) is 5.73 Å². The lowest BCUT2D eigenvalue weighted by Gasteiger charge is -2.15. The average Bonchev–Trinajstić information content (AvgIpc) is 2.38. The molecule has 0 saturated carbocycles. The van der Waals surface area contributed by atoms with E-state index in [9.17, 15) is 12.8 Å². The van der Waals surface area contributed by atoms with Crippen molar-refractivity contribution in [1.29, 1.82) is 0 Å². The first kappa shape index (κ1) is 14.5. The zero-order valence-corrected chi connectivity index (χ0v) is 11.7. The van der Waals surface area contributed by atoms with Crippen molar-refractivity contribution < 1.29 is 12.8 Å². The molecule has 1 atom stereocenters. The number of nitrogens with two attached hydrogens (primary N) is 1. The second-order valence-electron chi connectivity index (χ2n) is 4.47. The van der Waals surface area contributed by atoms with E-state index in [0.717, 1.165) is 17.7 Å². The van der Waals surface area contributed by atoms with Crippen molar-refractivity contribution in [1.82, 2.24) is 4.72 Å². The first-order chi connectivity index (χ1) is 9.38. The Morgan fingerprint density at radius 1 is 1.15 bits per heavy atom. The summed E-state index contributed by atoms with van der Waals surface area (Å²) in [6, 6.07) is 11.9. The summed E-state index contributed by atoms with van der Waals surface area (Å²) in [5.74, 6) is -0.683. The molecule has 2 aromatic rings. The van der Waals surface area contributed by atoms with Crippen LogP contribution in [-0.2, 0) is 10.0 Å². The van der Waals surface area contributed by atoms with Crippen molar-refractivity contribution in [3.8, 4) is 0 Å². The largest absolute Gasteiger partial charge is 0.399 e. The standard InChI is InChI=1S/C14H15FN2O2S/c1-10(11-5-3-2-4-6-11)17-20(18,19)14-8-12(15)7-13(16)9-14/h2-10,17H,16H2,1H3. The number of halogens is 1. The van der Waals surface area contributed by atoms with E-state index in [1.807, 2.05) is 30.3 Å². The molecule has 4 nitrogen and oxygen atoms in total. The lowest BCUT2D eigenvalue weighted by Crippen LogP contribution is -2.27. The van der Waals surface area contributed by atoms with E-state index >= 15 is 0 Å². The summed E-state index contributed by atoms with van der Waals surface area (Å²) >= 11 is 0. The van der Waals surface area contributed by atoms with Crippen LogP contribution in [-0.4, -0.2) is 8.42 Å². The van der Waals surface area contributed by atoms with E-state index < -0.39 is 21.9 Å². The monoisotopic (exact) mass is 294 g/mol. The van der Waals surface area contributed by atoms with Crippen molar-refractivity contribution in [2.75, 3.05) is 5.73 Å². The molecule has 0 aromatic heterocycles. The molecule has 3 N–H and O–H groups in total. The quantitative estimate of drug-likeness (QED) is 0.851. The van der Waals surface area contributed by atoms with Crippen LogP contribution in [0.4, 0.5) is 10.1 Å². The Hall–Kier alpha value is -1.92. The average molecular weight is 294 g/mol. The molecule has 0 aliphatic carbocycles. The molecule has 106 valence electrons. The van der Waals surface area contributed by atoms with Gasteiger partial charge in [-0.15, -0.1) is 0 Å². The van der Waals surface area contributed by atoms with Crippen LogP contribution >= 0.6 is 0 Å². The van der Waals surface area contributed by atoms with Gasteiger partial charge in [0, 0.05) is 11.7 Å². The van der Waals surface area contributed by atoms with Gasteiger partial charge in [-0.25, -0.2) is 17.5 Å². The van der Waals surface area contributed by atoms with E-state index in [0.29, 0.717) is 0 Å². The van der Waals surface area contributed by atoms with Gasteiger partial charge >= 0.3 is 0 Å². The summed E-state index contributed by atoms with van der Waals surface area (Å²) in [6.07, 6.45) is 0. The number of anilines is 1. The maximum Gasteiger partial charge on any atom is 0.241 e. The van der Waals surface area contributed by atoms with Crippen LogP contribution in [0.5, 0.6) is 0 Å². The first-order valence-electron chi connectivity index (χ1n) is 6.02. The highest BCUT2D eigenvalue weighted by Gasteiger charge is 2.19. The molecular weight excluding hydrogens is 279 g/mol. The molecule has 6 heteroatoms. The van der Waals surface area contributed by atoms with E-state index in [1.165, 1.54) is 6.07 Å². The van der Waals surface area contributed by atoms with Crippen molar-refractivity contribution >= 4 is 15.7 Å². The summed E-state index contributed by atoms with van der Waals surface area (Å²) in [5, 5.41) is 0. The molecule has 0 bridgehead atoms. The maximum absolute atomic E-state index is 13.2. The lowest BCUT2D eigenvalue weighted by molar-refractivity contribution is 0.564. The third-order valence-electron chi connectivity index (χ3n) is 2.84. The molecule has 0 fully saturated rings. The van der Waals surface area contributed by atoms with Crippen LogP contribution in [0.15, 0.2) is 53.4 Å². The Balaban J connectivity index is 2.27. The second-order valence-corrected chi connectivity index (χ2v) is 6.19. The minimum atomic E-state index is -3.82. The highest BCUT2D eigenvalue weighted by Crippen LogP contribution is 2.19. The Morgan fingerprint density at radius 2 is 1.80 bits per heavy atom. The molecule has 0 saturated heterocycles. The summed E-state index contributed by atoms with van der Waals surface area (Å²) in [7, 11) is -3.82. The summed E-state index contributed by atoms with van der Waals surface area (Å²) in [4.78, 5) is -0.183. The Morgan fingerprint density at radius 3 is 2.40 bits per heavy atom. The SMILES string of the molecule is CC(NS(=O)(=O)c1cc(N)cc(F)c1)c1ccccc1. The molecule has 2 aromatic carbocycles. The molecule has 0 aliphatic heterocycles. The molecule has 0 aliphatic rings. The second kappa shape index (κ2) is 5.60. The van der Waals surface area contributed by atoms with Crippen LogP contribution in [0.3, 0.4) is 0 Å². The molecule has 1 unspecified atom stereocenters. The van der Waals surface area contributed by atoms with Crippen LogP contribution in [0.1, 0.15) is 18.5 Å². The Bertz CT molecular complexity index is 682. The highest BCUT2D eigenvalue weighted by molar-refractivity contribution is 7.89. The van der Waals surface area contributed by atoms with Crippen molar-refractivity contribution in [3.05, 3.63) is 59.9 Å². The number of nitrogen functional groups attached to an aromatic ring is 1.